The third-order valence-corrected chi connectivity index (χ3v) is 4.56. The zero-order chi connectivity index (χ0) is 13.5. The van der Waals surface area contributed by atoms with Crippen LogP contribution in [0.5, 0.6) is 0 Å². The second-order valence-corrected chi connectivity index (χ2v) is 6.88. The highest BCUT2D eigenvalue weighted by atomic mass is 79.9. The number of nitrogens with one attached hydrogen (secondary N) is 2. The van der Waals surface area contributed by atoms with Crippen molar-refractivity contribution in [2.45, 2.75) is 52.2 Å². The molecule has 0 saturated heterocycles. The molecule has 0 spiro atoms. The lowest BCUT2D eigenvalue weighted by molar-refractivity contribution is -0.123. The molecule has 0 aromatic carbocycles. The largest absolute Gasteiger partial charge is 0.352 e. The maximum absolute atomic E-state index is 11.9. The summed E-state index contributed by atoms with van der Waals surface area (Å²) in [5.74, 6) is 0.0827. The Labute approximate surface area is 121 Å². The van der Waals surface area contributed by atoms with Crippen molar-refractivity contribution in [3.05, 3.63) is 20.8 Å². The van der Waals surface area contributed by atoms with E-state index in [1.165, 1.54) is 4.88 Å². The topological polar surface area (TPSA) is 41.1 Å². The van der Waals surface area contributed by atoms with Gasteiger partial charge >= 0.3 is 0 Å². The summed E-state index contributed by atoms with van der Waals surface area (Å²) in [7, 11) is 0. The number of amides is 1. The average Bonchev–Trinajstić information content (AvgIpc) is 2.78. The summed E-state index contributed by atoms with van der Waals surface area (Å²) < 4.78 is 1.12. The number of carbonyl (C=O) groups is 1. The van der Waals surface area contributed by atoms with Gasteiger partial charge in [0, 0.05) is 17.5 Å². The Hall–Kier alpha value is -0.390. The molecule has 1 amide bonds. The molecule has 0 aliphatic heterocycles. The second-order valence-electron chi connectivity index (χ2n) is 4.33. The van der Waals surface area contributed by atoms with Crippen LogP contribution >= 0.6 is 27.3 Å². The molecule has 3 nitrogen and oxygen atoms in total. The van der Waals surface area contributed by atoms with Gasteiger partial charge < -0.3 is 10.6 Å². The van der Waals surface area contributed by atoms with Crippen molar-refractivity contribution < 1.29 is 4.79 Å². The molecule has 18 heavy (non-hydrogen) atoms. The van der Waals surface area contributed by atoms with Crippen molar-refractivity contribution in [3.8, 4) is 0 Å². The molecule has 1 aromatic heterocycles. The van der Waals surface area contributed by atoms with Gasteiger partial charge in [-0.1, -0.05) is 13.8 Å². The first-order valence-electron chi connectivity index (χ1n) is 6.34. The van der Waals surface area contributed by atoms with Crippen LogP contribution in [0.25, 0.3) is 0 Å². The first-order valence-corrected chi connectivity index (χ1v) is 7.95. The number of rotatable bonds is 7. The van der Waals surface area contributed by atoms with Gasteiger partial charge in [0.15, 0.2) is 0 Å². The maximum atomic E-state index is 11.9. The third-order valence-electron chi connectivity index (χ3n) is 2.94. The predicted molar refractivity (Wildman–Crippen MR) is 80.8 cm³/mol. The molecule has 1 rings (SSSR count). The van der Waals surface area contributed by atoms with Crippen molar-refractivity contribution in [1.82, 2.24) is 10.6 Å². The number of hydrogen-bond acceptors (Lipinski definition) is 3. The normalized spacial score (nSPS) is 12.7. The summed E-state index contributed by atoms with van der Waals surface area (Å²) in [6.07, 6.45) is 1.96. The molecule has 0 bridgehead atoms. The third kappa shape index (κ3) is 5.08. The first kappa shape index (κ1) is 15.7. The standard InChI is InChI=1S/C13H21BrN2OS/c1-4-10(5-2)16-13(17)9(3)15-8-11-6-7-12(14)18-11/h6-7,9-10,15H,4-5,8H2,1-3H3,(H,16,17). The molecule has 0 radical (unpaired) electrons. The molecule has 1 atom stereocenters. The minimum atomic E-state index is -0.161. The van der Waals surface area contributed by atoms with E-state index in [-0.39, 0.29) is 18.0 Å². The number of thiophene rings is 1. The number of carbonyl (C=O) groups excluding carboxylic acids is 1. The lowest BCUT2D eigenvalue weighted by Gasteiger charge is -2.19. The maximum Gasteiger partial charge on any atom is 0.237 e. The van der Waals surface area contributed by atoms with E-state index in [0.29, 0.717) is 0 Å². The van der Waals surface area contributed by atoms with Gasteiger partial charge in [0.05, 0.1) is 9.83 Å². The Morgan fingerprint density at radius 3 is 2.56 bits per heavy atom. The van der Waals surface area contributed by atoms with Crippen LogP contribution in [0.1, 0.15) is 38.5 Å². The minimum absolute atomic E-state index is 0.0827. The molecule has 102 valence electrons. The lowest BCUT2D eigenvalue weighted by atomic mass is 10.1. The second kappa shape index (κ2) is 7.92. The van der Waals surface area contributed by atoms with Gasteiger partial charge in [-0.25, -0.2) is 0 Å². The van der Waals surface area contributed by atoms with Gasteiger partial charge in [0.1, 0.15) is 0 Å². The minimum Gasteiger partial charge on any atom is -0.352 e. The fourth-order valence-electron chi connectivity index (χ4n) is 1.61. The zero-order valence-corrected chi connectivity index (χ0v) is 13.5. The van der Waals surface area contributed by atoms with Crippen LogP contribution in [-0.2, 0) is 11.3 Å². The Bertz CT molecular complexity index is 377. The smallest absolute Gasteiger partial charge is 0.237 e. The predicted octanol–water partition coefficient (Wildman–Crippen LogP) is 3.29. The molecule has 0 saturated carbocycles. The highest BCUT2D eigenvalue weighted by molar-refractivity contribution is 9.11. The van der Waals surface area contributed by atoms with Crippen LogP contribution in [0.3, 0.4) is 0 Å². The van der Waals surface area contributed by atoms with Gasteiger partial charge in [-0.3, -0.25) is 4.79 Å². The van der Waals surface area contributed by atoms with E-state index in [2.05, 4.69) is 46.5 Å². The van der Waals surface area contributed by atoms with E-state index in [1.807, 2.05) is 13.0 Å². The van der Waals surface area contributed by atoms with E-state index >= 15 is 0 Å². The molecule has 0 aliphatic rings. The monoisotopic (exact) mass is 332 g/mol. The summed E-state index contributed by atoms with van der Waals surface area (Å²) in [6.45, 7) is 6.82. The van der Waals surface area contributed by atoms with E-state index in [4.69, 9.17) is 0 Å². The highest BCUT2D eigenvalue weighted by Gasteiger charge is 2.15. The van der Waals surface area contributed by atoms with Gasteiger partial charge in [0.25, 0.3) is 0 Å². The fourth-order valence-corrected chi connectivity index (χ4v) is 3.05. The van der Waals surface area contributed by atoms with Crippen LogP contribution in [-0.4, -0.2) is 18.0 Å². The summed E-state index contributed by atoms with van der Waals surface area (Å²) in [5.41, 5.74) is 0. The van der Waals surface area contributed by atoms with Crippen LogP contribution in [0.15, 0.2) is 15.9 Å². The van der Waals surface area contributed by atoms with E-state index in [0.717, 1.165) is 23.2 Å². The molecule has 0 aliphatic carbocycles. The van der Waals surface area contributed by atoms with Gasteiger partial charge in [0.2, 0.25) is 5.91 Å². The number of halogens is 1. The van der Waals surface area contributed by atoms with E-state index in [9.17, 15) is 4.79 Å². The molecule has 1 aromatic rings. The Balaban J connectivity index is 2.35. The number of hydrogen-bond donors (Lipinski definition) is 2. The SMILES string of the molecule is CCC(CC)NC(=O)C(C)NCc1ccc(Br)s1. The Morgan fingerprint density at radius 1 is 1.39 bits per heavy atom. The fraction of sp³-hybridized carbons (Fsp3) is 0.615. The zero-order valence-electron chi connectivity index (χ0n) is 11.1. The van der Waals surface area contributed by atoms with Crippen molar-refractivity contribution >= 4 is 33.2 Å². The van der Waals surface area contributed by atoms with Crippen molar-refractivity contribution in [2.75, 3.05) is 0 Å². The molecule has 0 fully saturated rings. The molecule has 5 heteroatoms. The summed E-state index contributed by atoms with van der Waals surface area (Å²) in [4.78, 5) is 13.1. The Kier molecular flexibility index (Phi) is 6.89. The average molecular weight is 333 g/mol. The van der Waals surface area contributed by atoms with Crippen molar-refractivity contribution in [2.24, 2.45) is 0 Å². The van der Waals surface area contributed by atoms with E-state index < -0.39 is 0 Å². The van der Waals surface area contributed by atoms with E-state index in [1.54, 1.807) is 11.3 Å². The van der Waals surface area contributed by atoms with Crippen LogP contribution in [0.4, 0.5) is 0 Å². The van der Waals surface area contributed by atoms with Crippen LogP contribution in [0, 0.1) is 0 Å². The van der Waals surface area contributed by atoms with Crippen molar-refractivity contribution in [3.63, 3.8) is 0 Å². The quantitative estimate of drug-likeness (QED) is 0.804. The van der Waals surface area contributed by atoms with Crippen LogP contribution in [0.2, 0.25) is 0 Å². The van der Waals surface area contributed by atoms with Crippen LogP contribution < -0.4 is 10.6 Å². The van der Waals surface area contributed by atoms with Gasteiger partial charge in [-0.2, -0.15) is 0 Å². The highest BCUT2D eigenvalue weighted by Crippen LogP contribution is 2.21. The lowest BCUT2D eigenvalue weighted by Crippen LogP contribution is -2.45. The molecular formula is C13H21BrN2OS. The molecular weight excluding hydrogens is 312 g/mol. The summed E-state index contributed by atoms with van der Waals surface area (Å²) in [5, 5.41) is 6.29. The molecule has 2 N–H and O–H groups in total. The summed E-state index contributed by atoms with van der Waals surface area (Å²) in [6, 6.07) is 4.22. The molecule has 1 unspecified atom stereocenters. The van der Waals surface area contributed by atoms with Crippen molar-refractivity contribution in [1.29, 1.82) is 0 Å². The first-order chi connectivity index (χ1) is 8.56. The Morgan fingerprint density at radius 2 is 2.06 bits per heavy atom. The summed E-state index contributed by atoms with van der Waals surface area (Å²) >= 11 is 5.12. The van der Waals surface area contributed by atoms with Gasteiger partial charge in [-0.05, 0) is 47.8 Å². The molecule has 1 heterocycles. The van der Waals surface area contributed by atoms with Gasteiger partial charge in [-0.15, -0.1) is 11.3 Å².